The van der Waals surface area contributed by atoms with Crippen LogP contribution in [0.2, 0.25) is 0 Å². The zero-order valence-electron chi connectivity index (χ0n) is 5.46. The van der Waals surface area contributed by atoms with Crippen molar-refractivity contribution in [3.8, 4) is 0 Å². The van der Waals surface area contributed by atoms with Crippen LogP contribution in [0.3, 0.4) is 0 Å². The smallest absolute Gasteiger partial charge is 0.0971 e. The normalized spacial score (nSPS) is 26.2. The van der Waals surface area contributed by atoms with Gasteiger partial charge in [0.15, 0.2) is 0 Å². The molecule has 0 heterocycles. The molecule has 1 nitrogen and oxygen atoms in total. The van der Waals surface area contributed by atoms with Gasteiger partial charge in [-0.3, -0.25) is 0 Å². The molecule has 1 heteroatoms. The molecule has 0 aliphatic heterocycles. The van der Waals surface area contributed by atoms with Gasteiger partial charge < -0.3 is 5.11 Å². The van der Waals surface area contributed by atoms with Gasteiger partial charge in [0.25, 0.3) is 0 Å². The van der Waals surface area contributed by atoms with Crippen LogP contribution in [-0.2, 0) is 0 Å². The molecule has 1 rings (SSSR count). The minimum atomic E-state index is -0.463. The van der Waals surface area contributed by atoms with Crippen LogP contribution in [0.4, 0.5) is 0 Å². The monoisotopic (exact) mass is 122 g/mol. The SMILES string of the molecule is C=C1C(C)=CC=CC1O. The van der Waals surface area contributed by atoms with E-state index in [0.29, 0.717) is 0 Å². The predicted molar refractivity (Wildman–Crippen MR) is 38.0 cm³/mol. The van der Waals surface area contributed by atoms with Crippen LogP contribution in [0, 0.1) is 0 Å². The fourth-order valence-corrected chi connectivity index (χ4v) is 0.762. The van der Waals surface area contributed by atoms with Crippen molar-refractivity contribution >= 4 is 0 Å². The van der Waals surface area contributed by atoms with Gasteiger partial charge in [0.1, 0.15) is 0 Å². The van der Waals surface area contributed by atoms with Crippen molar-refractivity contribution in [2.24, 2.45) is 0 Å². The first-order chi connectivity index (χ1) is 4.22. The molecule has 0 radical (unpaired) electrons. The van der Waals surface area contributed by atoms with Gasteiger partial charge in [0.2, 0.25) is 0 Å². The minimum absolute atomic E-state index is 0.463. The first-order valence-corrected chi connectivity index (χ1v) is 2.94. The Balaban J connectivity index is 2.86. The molecule has 9 heavy (non-hydrogen) atoms. The maximum atomic E-state index is 9.12. The number of hydrogen-bond acceptors (Lipinski definition) is 1. The summed E-state index contributed by atoms with van der Waals surface area (Å²) in [5, 5.41) is 9.12. The number of allylic oxidation sites excluding steroid dienone is 2. The van der Waals surface area contributed by atoms with Crippen LogP contribution in [0.15, 0.2) is 36.0 Å². The fraction of sp³-hybridized carbons (Fsp3) is 0.250. The third kappa shape index (κ3) is 1.11. The number of hydrogen-bond donors (Lipinski definition) is 1. The molecule has 1 N–H and O–H groups in total. The summed E-state index contributed by atoms with van der Waals surface area (Å²) in [6.45, 7) is 5.65. The second kappa shape index (κ2) is 2.19. The third-order valence-electron chi connectivity index (χ3n) is 1.50. The van der Waals surface area contributed by atoms with E-state index in [9.17, 15) is 0 Å². The summed E-state index contributed by atoms with van der Waals surface area (Å²) in [4.78, 5) is 0. The van der Waals surface area contributed by atoms with Crippen molar-refractivity contribution in [3.63, 3.8) is 0 Å². The minimum Gasteiger partial charge on any atom is -0.384 e. The van der Waals surface area contributed by atoms with Crippen molar-refractivity contribution in [2.45, 2.75) is 13.0 Å². The molecule has 1 atom stereocenters. The molecule has 0 amide bonds. The van der Waals surface area contributed by atoms with Crippen LogP contribution in [0.5, 0.6) is 0 Å². The average molecular weight is 122 g/mol. The summed E-state index contributed by atoms with van der Waals surface area (Å²) in [6.07, 6.45) is 5.04. The van der Waals surface area contributed by atoms with Crippen LogP contribution < -0.4 is 0 Å². The first-order valence-electron chi connectivity index (χ1n) is 2.94. The van der Waals surface area contributed by atoms with E-state index in [0.717, 1.165) is 11.1 Å². The molecule has 0 fully saturated rings. The molecule has 0 aromatic rings. The zero-order chi connectivity index (χ0) is 6.85. The summed E-state index contributed by atoms with van der Waals surface area (Å²) >= 11 is 0. The molecule has 0 aromatic carbocycles. The average Bonchev–Trinajstić information content (AvgIpc) is 1.83. The van der Waals surface area contributed by atoms with Crippen LogP contribution in [0.25, 0.3) is 0 Å². The predicted octanol–water partition coefficient (Wildman–Crippen LogP) is 1.42. The number of aliphatic hydroxyl groups excluding tert-OH is 1. The molecule has 0 spiro atoms. The second-order valence-corrected chi connectivity index (χ2v) is 2.20. The largest absolute Gasteiger partial charge is 0.384 e. The highest BCUT2D eigenvalue weighted by atomic mass is 16.3. The lowest BCUT2D eigenvalue weighted by Gasteiger charge is -2.12. The van der Waals surface area contributed by atoms with E-state index in [1.54, 1.807) is 6.08 Å². The second-order valence-electron chi connectivity index (χ2n) is 2.20. The molecule has 0 aromatic heterocycles. The fourth-order valence-electron chi connectivity index (χ4n) is 0.762. The van der Waals surface area contributed by atoms with Gasteiger partial charge in [-0.1, -0.05) is 24.8 Å². The standard InChI is InChI=1S/C8H10O/c1-6-4-3-5-8(9)7(6)2/h3-5,8-9H,2H2,1H3. The van der Waals surface area contributed by atoms with Gasteiger partial charge in [0.05, 0.1) is 6.10 Å². The summed E-state index contributed by atoms with van der Waals surface area (Å²) in [5.41, 5.74) is 1.86. The van der Waals surface area contributed by atoms with E-state index in [1.165, 1.54) is 0 Å². The van der Waals surface area contributed by atoms with E-state index in [4.69, 9.17) is 5.11 Å². The Labute approximate surface area is 55.0 Å². The van der Waals surface area contributed by atoms with Gasteiger partial charge in [-0.15, -0.1) is 0 Å². The van der Waals surface area contributed by atoms with E-state index >= 15 is 0 Å². The quantitative estimate of drug-likeness (QED) is 0.515. The highest BCUT2D eigenvalue weighted by Gasteiger charge is 2.07. The van der Waals surface area contributed by atoms with Gasteiger partial charge in [0, 0.05) is 0 Å². The summed E-state index contributed by atoms with van der Waals surface area (Å²) < 4.78 is 0. The highest BCUT2D eigenvalue weighted by molar-refractivity contribution is 5.39. The summed E-state index contributed by atoms with van der Waals surface area (Å²) in [5.74, 6) is 0. The van der Waals surface area contributed by atoms with Gasteiger partial charge in [-0.05, 0) is 18.1 Å². The van der Waals surface area contributed by atoms with Crippen molar-refractivity contribution in [1.29, 1.82) is 0 Å². The lowest BCUT2D eigenvalue weighted by atomic mass is 9.99. The maximum absolute atomic E-state index is 9.12. The van der Waals surface area contributed by atoms with Gasteiger partial charge >= 0.3 is 0 Å². The Bertz CT molecular complexity index is 187. The van der Waals surface area contributed by atoms with Gasteiger partial charge in [-0.2, -0.15) is 0 Å². The molecule has 1 aliphatic carbocycles. The number of rotatable bonds is 0. The van der Waals surface area contributed by atoms with E-state index in [1.807, 2.05) is 19.1 Å². The molecular formula is C8H10O. The Hall–Kier alpha value is -0.820. The van der Waals surface area contributed by atoms with Crippen molar-refractivity contribution < 1.29 is 5.11 Å². The summed E-state index contributed by atoms with van der Waals surface area (Å²) in [6, 6.07) is 0. The molecule has 1 unspecified atom stereocenters. The number of aliphatic hydroxyl groups is 1. The van der Waals surface area contributed by atoms with E-state index < -0.39 is 6.10 Å². The Morgan fingerprint density at radius 3 is 2.78 bits per heavy atom. The van der Waals surface area contributed by atoms with Crippen molar-refractivity contribution in [1.82, 2.24) is 0 Å². The Kier molecular flexibility index (Phi) is 1.54. The molecule has 1 aliphatic rings. The Morgan fingerprint density at radius 2 is 2.33 bits per heavy atom. The van der Waals surface area contributed by atoms with Crippen molar-refractivity contribution in [2.75, 3.05) is 0 Å². The molecule has 0 bridgehead atoms. The molecule has 0 saturated carbocycles. The molecular weight excluding hydrogens is 112 g/mol. The Morgan fingerprint density at radius 1 is 1.67 bits per heavy atom. The zero-order valence-corrected chi connectivity index (χ0v) is 5.46. The third-order valence-corrected chi connectivity index (χ3v) is 1.50. The highest BCUT2D eigenvalue weighted by Crippen LogP contribution is 2.16. The molecule has 48 valence electrons. The van der Waals surface area contributed by atoms with E-state index in [2.05, 4.69) is 6.58 Å². The summed E-state index contributed by atoms with van der Waals surface area (Å²) in [7, 11) is 0. The van der Waals surface area contributed by atoms with Crippen LogP contribution >= 0.6 is 0 Å². The molecule has 0 saturated heterocycles. The van der Waals surface area contributed by atoms with E-state index in [-0.39, 0.29) is 0 Å². The van der Waals surface area contributed by atoms with Gasteiger partial charge in [-0.25, -0.2) is 0 Å². The van der Waals surface area contributed by atoms with Crippen LogP contribution in [0.1, 0.15) is 6.92 Å². The lowest BCUT2D eigenvalue weighted by Crippen LogP contribution is -2.08. The first kappa shape index (κ1) is 6.30. The maximum Gasteiger partial charge on any atom is 0.0971 e. The topological polar surface area (TPSA) is 20.2 Å². The van der Waals surface area contributed by atoms with Crippen molar-refractivity contribution in [3.05, 3.63) is 36.0 Å². The van der Waals surface area contributed by atoms with Crippen LogP contribution in [-0.4, -0.2) is 11.2 Å². The lowest BCUT2D eigenvalue weighted by molar-refractivity contribution is 0.261.